The Morgan fingerprint density at radius 3 is 2.12 bits per heavy atom. The molecule has 2 N–H and O–H groups in total. The minimum Gasteiger partial charge on any atom is -0.290 e. The largest absolute Gasteiger partial charge is 0.420 e. The topological polar surface area (TPSA) is 24.1 Å². The van der Waals surface area contributed by atoms with E-state index in [-0.39, 0.29) is 6.42 Å². The van der Waals surface area contributed by atoms with E-state index in [1.807, 2.05) is 0 Å². The van der Waals surface area contributed by atoms with Crippen molar-refractivity contribution in [2.75, 3.05) is 13.1 Å². The number of rotatable bonds is 2. The van der Waals surface area contributed by atoms with E-state index < -0.39 is 11.8 Å². The normalized spacial score (nSPS) is 19.9. The van der Waals surface area contributed by atoms with Crippen LogP contribution in [0.3, 0.4) is 0 Å². The molecule has 1 aliphatic heterocycles. The van der Waals surface area contributed by atoms with Gasteiger partial charge in [0.1, 0.15) is 0 Å². The predicted molar refractivity (Wildman–Crippen MR) is 54.9 cm³/mol. The van der Waals surface area contributed by atoms with Gasteiger partial charge >= 0.3 is 6.18 Å². The van der Waals surface area contributed by atoms with E-state index in [2.05, 4.69) is 10.6 Å². The highest BCUT2D eigenvalue weighted by Gasteiger charge is 2.56. The SMILES string of the molecule is FC(F)(F)C1(Cc2ccccc2)NCCN1. The van der Waals surface area contributed by atoms with Gasteiger partial charge in [-0.3, -0.25) is 10.6 Å². The standard InChI is InChI=1S/C11H13F3N2/c12-11(13,14)10(15-6-7-16-10)8-9-4-2-1-3-5-9/h1-5,15-16H,6-8H2. The molecule has 5 heteroatoms. The molecule has 0 unspecified atom stereocenters. The van der Waals surface area contributed by atoms with Crippen molar-refractivity contribution in [3.8, 4) is 0 Å². The maximum Gasteiger partial charge on any atom is 0.420 e. The van der Waals surface area contributed by atoms with Gasteiger partial charge in [0.15, 0.2) is 5.66 Å². The van der Waals surface area contributed by atoms with Gasteiger partial charge in [0.05, 0.1) is 0 Å². The highest BCUT2D eigenvalue weighted by Crippen LogP contribution is 2.32. The molecule has 16 heavy (non-hydrogen) atoms. The molecule has 1 saturated heterocycles. The van der Waals surface area contributed by atoms with E-state index >= 15 is 0 Å². The van der Waals surface area contributed by atoms with Crippen molar-refractivity contribution in [1.29, 1.82) is 0 Å². The fourth-order valence-corrected chi connectivity index (χ4v) is 1.94. The molecule has 0 radical (unpaired) electrons. The van der Waals surface area contributed by atoms with Crippen LogP contribution in [0.4, 0.5) is 13.2 Å². The van der Waals surface area contributed by atoms with Crippen molar-refractivity contribution >= 4 is 0 Å². The third kappa shape index (κ3) is 2.05. The van der Waals surface area contributed by atoms with Gasteiger partial charge in [-0.05, 0) is 5.56 Å². The Hall–Kier alpha value is -1.07. The summed E-state index contributed by atoms with van der Waals surface area (Å²) in [4.78, 5) is 0. The molecule has 0 bridgehead atoms. The lowest BCUT2D eigenvalue weighted by Gasteiger charge is -2.32. The number of hydrogen-bond donors (Lipinski definition) is 2. The van der Waals surface area contributed by atoms with Gasteiger partial charge in [0, 0.05) is 19.5 Å². The maximum absolute atomic E-state index is 13.0. The number of alkyl halides is 3. The fourth-order valence-electron chi connectivity index (χ4n) is 1.94. The lowest BCUT2D eigenvalue weighted by atomic mass is 10.00. The summed E-state index contributed by atoms with van der Waals surface area (Å²) in [5.74, 6) is 0. The smallest absolute Gasteiger partial charge is 0.290 e. The summed E-state index contributed by atoms with van der Waals surface area (Å²) in [6.07, 6.45) is -4.38. The third-order valence-electron chi connectivity index (χ3n) is 2.77. The van der Waals surface area contributed by atoms with Crippen molar-refractivity contribution in [2.24, 2.45) is 0 Å². The first-order valence-electron chi connectivity index (χ1n) is 5.14. The molecule has 0 spiro atoms. The van der Waals surface area contributed by atoms with Crippen molar-refractivity contribution < 1.29 is 13.2 Å². The van der Waals surface area contributed by atoms with E-state index in [0.717, 1.165) is 0 Å². The molecule has 2 nitrogen and oxygen atoms in total. The molecule has 1 aromatic rings. The van der Waals surface area contributed by atoms with Crippen molar-refractivity contribution in [3.05, 3.63) is 35.9 Å². The lowest BCUT2D eigenvalue weighted by molar-refractivity contribution is -0.199. The average Bonchev–Trinajstić information content (AvgIpc) is 2.68. The zero-order valence-electron chi connectivity index (χ0n) is 8.64. The van der Waals surface area contributed by atoms with Crippen LogP contribution in [0.25, 0.3) is 0 Å². The Balaban J connectivity index is 2.22. The summed E-state index contributed by atoms with van der Waals surface area (Å²) in [6.45, 7) is 0.679. The van der Waals surface area contributed by atoms with Crippen LogP contribution in [0.5, 0.6) is 0 Å². The quantitative estimate of drug-likeness (QED) is 0.807. The summed E-state index contributed by atoms with van der Waals surface area (Å²) in [5, 5.41) is 5.04. The van der Waals surface area contributed by atoms with Gasteiger partial charge in [-0.25, -0.2) is 0 Å². The Morgan fingerprint density at radius 2 is 1.62 bits per heavy atom. The molecule has 0 saturated carbocycles. The monoisotopic (exact) mass is 230 g/mol. The van der Waals surface area contributed by atoms with Crippen molar-refractivity contribution in [1.82, 2.24) is 10.6 Å². The van der Waals surface area contributed by atoms with E-state index in [1.54, 1.807) is 30.3 Å². The fraction of sp³-hybridized carbons (Fsp3) is 0.455. The summed E-state index contributed by atoms with van der Waals surface area (Å²) in [7, 11) is 0. The van der Waals surface area contributed by atoms with Crippen LogP contribution in [0, 0.1) is 0 Å². The minimum absolute atomic E-state index is 0.0860. The van der Waals surface area contributed by atoms with Gasteiger partial charge in [0.25, 0.3) is 0 Å². The highest BCUT2D eigenvalue weighted by molar-refractivity contribution is 5.19. The first-order chi connectivity index (χ1) is 7.54. The summed E-state index contributed by atoms with van der Waals surface area (Å²) >= 11 is 0. The second kappa shape index (κ2) is 4.07. The first kappa shape index (κ1) is 11.4. The molecular formula is C11H13F3N2. The van der Waals surface area contributed by atoms with Gasteiger partial charge in [-0.1, -0.05) is 30.3 Å². The molecule has 1 aromatic carbocycles. The van der Waals surface area contributed by atoms with Gasteiger partial charge in [0.2, 0.25) is 0 Å². The minimum atomic E-state index is -4.29. The summed E-state index contributed by atoms with van der Waals surface area (Å²) < 4.78 is 38.9. The van der Waals surface area contributed by atoms with E-state index in [9.17, 15) is 13.2 Å². The Bertz CT molecular complexity index is 342. The first-order valence-corrected chi connectivity index (χ1v) is 5.14. The van der Waals surface area contributed by atoms with Crippen LogP contribution in [0.2, 0.25) is 0 Å². The van der Waals surface area contributed by atoms with Crippen LogP contribution >= 0.6 is 0 Å². The predicted octanol–water partition coefficient (Wildman–Crippen LogP) is 1.68. The van der Waals surface area contributed by atoms with Crippen LogP contribution in [-0.2, 0) is 6.42 Å². The molecule has 0 atom stereocenters. The van der Waals surface area contributed by atoms with Crippen LogP contribution in [-0.4, -0.2) is 24.9 Å². The summed E-state index contributed by atoms with van der Waals surface area (Å²) in [6, 6.07) is 8.69. The maximum atomic E-state index is 13.0. The molecule has 1 fully saturated rings. The molecule has 0 aromatic heterocycles. The number of nitrogens with one attached hydrogen (secondary N) is 2. The average molecular weight is 230 g/mol. The van der Waals surface area contributed by atoms with E-state index in [1.165, 1.54) is 0 Å². The molecule has 1 aliphatic rings. The molecular weight excluding hydrogens is 217 g/mol. The zero-order valence-corrected chi connectivity index (χ0v) is 8.64. The third-order valence-corrected chi connectivity index (χ3v) is 2.77. The zero-order chi connectivity index (χ0) is 11.6. The van der Waals surface area contributed by atoms with Gasteiger partial charge < -0.3 is 0 Å². The second-order valence-corrected chi connectivity index (χ2v) is 3.92. The van der Waals surface area contributed by atoms with Gasteiger partial charge in [-0.2, -0.15) is 13.2 Å². The number of benzene rings is 1. The van der Waals surface area contributed by atoms with Crippen molar-refractivity contribution in [3.63, 3.8) is 0 Å². The Kier molecular flexibility index (Phi) is 2.90. The van der Waals surface area contributed by atoms with E-state index in [4.69, 9.17) is 0 Å². The Morgan fingerprint density at radius 1 is 1.06 bits per heavy atom. The van der Waals surface area contributed by atoms with Gasteiger partial charge in [-0.15, -0.1) is 0 Å². The second-order valence-electron chi connectivity index (χ2n) is 3.92. The molecule has 0 amide bonds. The van der Waals surface area contributed by atoms with Crippen molar-refractivity contribution in [2.45, 2.75) is 18.3 Å². The lowest BCUT2D eigenvalue weighted by Crippen LogP contribution is -2.62. The molecule has 0 aliphatic carbocycles. The number of halogens is 3. The number of hydrogen-bond acceptors (Lipinski definition) is 2. The Labute approximate surface area is 91.8 Å². The molecule has 88 valence electrons. The van der Waals surface area contributed by atoms with Crippen LogP contribution in [0.1, 0.15) is 5.56 Å². The van der Waals surface area contributed by atoms with Crippen LogP contribution in [0.15, 0.2) is 30.3 Å². The molecule has 2 rings (SSSR count). The molecule has 1 heterocycles. The summed E-state index contributed by atoms with van der Waals surface area (Å²) in [5.41, 5.74) is -1.30. The van der Waals surface area contributed by atoms with Crippen LogP contribution < -0.4 is 10.6 Å². The van der Waals surface area contributed by atoms with E-state index in [0.29, 0.717) is 18.7 Å². The highest BCUT2D eigenvalue weighted by atomic mass is 19.4.